The number of likely N-dealkylation sites (tertiary alicyclic amines) is 1. The summed E-state index contributed by atoms with van der Waals surface area (Å²) < 4.78 is 8.14. The first-order valence-electron chi connectivity index (χ1n) is 10.2. The molecule has 0 radical (unpaired) electrons. The molecule has 3 heterocycles. The number of hydrogen-bond acceptors (Lipinski definition) is 4. The Labute approximate surface area is 170 Å². The predicted octanol–water partition coefficient (Wildman–Crippen LogP) is 3.83. The molecule has 2 aliphatic rings. The standard InChI is InChI=1S/C21H27ClN4O2/c1-15(28-18-9-5-8-17(22)13-18)21(27)25-11-6-7-16(14-25)20-24-23-19-10-3-2-4-12-26(19)20/h5,8-9,13,15-16H,2-4,6-7,10-12,14H2,1H3. The third kappa shape index (κ3) is 4.17. The summed E-state index contributed by atoms with van der Waals surface area (Å²) in [7, 11) is 0. The Morgan fingerprint density at radius 1 is 1.21 bits per heavy atom. The fourth-order valence-corrected chi connectivity index (χ4v) is 4.43. The molecule has 0 aliphatic carbocycles. The maximum atomic E-state index is 13.0. The van der Waals surface area contributed by atoms with Gasteiger partial charge in [-0.2, -0.15) is 0 Å². The van der Waals surface area contributed by atoms with Crippen molar-refractivity contribution < 1.29 is 9.53 Å². The van der Waals surface area contributed by atoms with E-state index in [0.717, 1.165) is 44.0 Å². The van der Waals surface area contributed by atoms with Gasteiger partial charge in [-0.05, 0) is 50.8 Å². The normalized spacial score (nSPS) is 20.9. The molecule has 1 aromatic carbocycles. The molecule has 0 saturated carbocycles. The maximum absolute atomic E-state index is 13.0. The van der Waals surface area contributed by atoms with Crippen molar-refractivity contribution >= 4 is 17.5 Å². The molecular weight excluding hydrogens is 376 g/mol. The highest BCUT2D eigenvalue weighted by Crippen LogP contribution is 2.28. The van der Waals surface area contributed by atoms with Crippen LogP contribution < -0.4 is 4.74 Å². The third-order valence-electron chi connectivity index (χ3n) is 5.69. The van der Waals surface area contributed by atoms with Crippen LogP contribution in [0.15, 0.2) is 24.3 Å². The molecule has 0 spiro atoms. The zero-order valence-electron chi connectivity index (χ0n) is 16.3. The quantitative estimate of drug-likeness (QED) is 0.779. The Balaban J connectivity index is 1.43. The van der Waals surface area contributed by atoms with E-state index in [1.54, 1.807) is 19.1 Å². The highest BCUT2D eigenvalue weighted by Gasteiger charge is 2.31. The van der Waals surface area contributed by atoms with Crippen LogP contribution in [0.25, 0.3) is 0 Å². The number of carbonyl (C=O) groups excluding carboxylic acids is 1. The Morgan fingerprint density at radius 2 is 2.11 bits per heavy atom. The summed E-state index contributed by atoms with van der Waals surface area (Å²) in [5.41, 5.74) is 0. The van der Waals surface area contributed by atoms with E-state index in [0.29, 0.717) is 17.3 Å². The number of nitrogens with zero attached hydrogens (tertiary/aromatic N) is 4. The number of halogens is 1. The van der Waals surface area contributed by atoms with E-state index in [1.165, 1.54) is 19.3 Å². The second-order valence-electron chi connectivity index (χ2n) is 7.78. The molecule has 1 saturated heterocycles. The molecule has 0 N–H and O–H groups in total. The molecule has 2 unspecified atom stereocenters. The first kappa shape index (κ1) is 19.2. The molecule has 1 aromatic heterocycles. The van der Waals surface area contributed by atoms with Crippen molar-refractivity contribution in [3.8, 4) is 5.75 Å². The van der Waals surface area contributed by atoms with Gasteiger partial charge in [-0.25, -0.2) is 0 Å². The fraction of sp³-hybridized carbons (Fsp3) is 0.571. The van der Waals surface area contributed by atoms with Crippen LogP contribution in [0.4, 0.5) is 0 Å². The zero-order valence-corrected chi connectivity index (χ0v) is 17.1. The van der Waals surface area contributed by atoms with Gasteiger partial charge in [-0.15, -0.1) is 10.2 Å². The fourth-order valence-electron chi connectivity index (χ4n) is 4.25. The predicted molar refractivity (Wildman–Crippen MR) is 108 cm³/mol. The number of rotatable bonds is 4. The maximum Gasteiger partial charge on any atom is 0.263 e. The number of carbonyl (C=O) groups is 1. The lowest BCUT2D eigenvalue weighted by molar-refractivity contribution is -0.139. The van der Waals surface area contributed by atoms with Crippen molar-refractivity contribution in [3.05, 3.63) is 40.9 Å². The Kier molecular flexibility index (Phi) is 5.85. The summed E-state index contributed by atoms with van der Waals surface area (Å²) in [6, 6.07) is 7.16. The van der Waals surface area contributed by atoms with Gasteiger partial charge >= 0.3 is 0 Å². The summed E-state index contributed by atoms with van der Waals surface area (Å²) >= 11 is 6.01. The van der Waals surface area contributed by atoms with Gasteiger partial charge in [0, 0.05) is 37.0 Å². The third-order valence-corrected chi connectivity index (χ3v) is 5.93. The van der Waals surface area contributed by atoms with Crippen molar-refractivity contribution in [1.29, 1.82) is 0 Å². The molecule has 6 nitrogen and oxygen atoms in total. The van der Waals surface area contributed by atoms with Gasteiger partial charge in [0.1, 0.15) is 17.4 Å². The van der Waals surface area contributed by atoms with Crippen molar-refractivity contribution in [3.63, 3.8) is 0 Å². The Morgan fingerprint density at radius 3 is 2.96 bits per heavy atom. The van der Waals surface area contributed by atoms with E-state index >= 15 is 0 Å². The van der Waals surface area contributed by atoms with Crippen molar-refractivity contribution in [2.45, 2.75) is 64.0 Å². The highest BCUT2D eigenvalue weighted by atomic mass is 35.5. The monoisotopic (exact) mass is 402 g/mol. The molecule has 1 amide bonds. The van der Waals surface area contributed by atoms with Crippen LogP contribution in [0, 0.1) is 0 Å². The number of amides is 1. The molecule has 2 aromatic rings. The summed E-state index contributed by atoms with van der Waals surface area (Å²) in [6.45, 7) is 4.24. The van der Waals surface area contributed by atoms with Gasteiger partial charge in [0.25, 0.3) is 5.91 Å². The number of benzene rings is 1. The number of fused-ring (bicyclic) bond motifs is 1. The lowest BCUT2D eigenvalue weighted by atomic mass is 9.96. The number of hydrogen-bond donors (Lipinski definition) is 0. The molecule has 4 rings (SSSR count). The lowest BCUT2D eigenvalue weighted by Crippen LogP contribution is -2.45. The Bertz CT molecular complexity index is 838. The van der Waals surface area contributed by atoms with Crippen LogP contribution in [0.2, 0.25) is 5.02 Å². The molecule has 2 atom stereocenters. The average Bonchev–Trinajstić information content (AvgIpc) is 2.96. The largest absolute Gasteiger partial charge is 0.481 e. The van der Waals surface area contributed by atoms with Gasteiger partial charge < -0.3 is 14.2 Å². The first-order valence-corrected chi connectivity index (χ1v) is 10.6. The molecule has 28 heavy (non-hydrogen) atoms. The zero-order chi connectivity index (χ0) is 19.5. The molecule has 1 fully saturated rings. The summed E-state index contributed by atoms with van der Waals surface area (Å²) in [5, 5.41) is 9.54. The van der Waals surface area contributed by atoms with Crippen molar-refractivity contribution in [1.82, 2.24) is 19.7 Å². The molecule has 2 aliphatic heterocycles. The topological polar surface area (TPSA) is 60.2 Å². The van der Waals surface area contributed by atoms with Crippen molar-refractivity contribution in [2.24, 2.45) is 0 Å². The van der Waals surface area contributed by atoms with Gasteiger partial charge in [0.05, 0.1) is 0 Å². The minimum absolute atomic E-state index is 0.0141. The van der Waals surface area contributed by atoms with Crippen LogP contribution in [0.5, 0.6) is 5.75 Å². The molecule has 0 bridgehead atoms. The van der Waals surface area contributed by atoms with E-state index in [-0.39, 0.29) is 11.8 Å². The first-order chi connectivity index (χ1) is 13.6. The number of piperidine rings is 1. The van der Waals surface area contributed by atoms with E-state index in [9.17, 15) is 4.79 Å². The lowest BCUT2D eigenvalue weighted by Gasteiger charge is -2.34. The summed E-state index contributed by atoms with van der Waals surface area (Å²) in [5.74, 6) is 3.03. The minimum Gasteiger partial charge on any atom is -0.481 e. The van der Waals surface area contributed by atoms with Gasteiger partial charge in [0.2, 0.25) is 0 Å². The van der Waals surface area contributed by atoms with Gasteiger partial charge in [-0.3, -0.25) is 4.79 Å². The smallest absolute Gasteiger partial charge is 0.263 e. The van der Waals surface area contributed by atoms with E-state index in [4.69, 9.17) is 16.3 Å². The minimum atomic E-state index is -0.548. The van der Waals surface area contributed by atoms with E-state index < -0.39 is 6.10 Å². The van der Waals surface area contributed by atoms with Gasteiger partial charge in [0.15, 0.2) is 6.10 Å². The summed E-state index contributed by atoms with van der Waals surface area (Å²) in [6.07, 6.45) is 6.09. The van der Waals surface area contributed by atoms with Crippen LogP contribution in [0.3, 0.4) is 0 Å². The number of ether oxygens (including phenoxy) is 1. The summed E-state index contributed by atoms with van der Waals surface area (Å²) in [4.78, 5) is 14.9. The van der Waals surface area contributed by atoms with Crippen molar-refractivity contribution in [2.75, 3.05) is 13.1 Å². The van der Waals surface area contributed by atoms with Crippen LogP contribution >= 0.6 is 11.6 Å². The van der Waals surface area contributed by atoms with E-state index in [1.807, 2.05) is 17.0 Å². The molecule has 7 heteroatoms. The van der Waals surface area contributed by atoms with E-state index in [2.05, 4.69) is 14.8 Å². The van der Waals surface area contributed by atoms with Crippen LogP contribution in [-0.4, -0.2) is 44.8 Å². The van der Waals surface area contributed by atoms with Gasteiger partial charge in [-0.1, -0.05) is 24.1 Å². The second kappa shape index (κ2) is 8.52. The average molecular weight is 403 g/mol. The molecular formula is C21H27ClN4O2. The molecule has 150 valence electrons. The van der Waals surface area contributed by atoms with Crippen LogP contribution in [0.1, 0.15) is 56.6 Å². The SMILES string of the molecule is CC(Oc1cccc(Cl)c1)C(=O)N1CCCC(c2nnc3n2CCCCC3)C1. The Hall–Kier alpha value is -2.08. The highest BCUT2D eigenvalue weighted by molar-refractivity contribution is 6.30. The van der Waals surface area contributed by atoms with Crippen LogP contribution in [-0.2, 0) is 17.8 Å². The second-order valence-corrected chi connectivity index (χ2v) is 8.21. The number of aromatic nitrogens is 3. The number of aryl methyl sites for hydroxylation is 1.